The van der Waals surface area contributed by atoms with Gasteiger partial charge in [0, 0.05) is 25.0 Å². The first-order valence-corrected chi connectivity index (χ1v) is 7.02. The first kappa shape index (κ1) is 11.0. The maximum absolute atomic E-state index is 11.7. The fourth-order valence-electron chi connectivity index (χ4n) is 2.24. The number of rotatable bonds is 3. The van der Waals surface area contributed by atoms with Gasteiger partial charge < -0.3 is 10.2 Å². The van der Waals surface area contributed by atoms with Crippen LogP contribution in [0.2, 0.25) is 0 Å². The minimum absolute atomic E-state index is 0.245. The Hall–Kier alpha value is -1.17. The van der Waals surface area contributed by atoms with Crippen LogP contribution in [0.4, 0.5) is 5.13 Å². The number of piperidine rings is 1. The summed E-state index contributed by atoms with van der Waals surface area (Å²) in [4.78, 5) is 13.9. The molecule has 6 heteroatoms. The smallest absolute Gasteiger partial charge is 0.223 e. The van der Waals surface area contributed by atoms with Gasteiger partial charge in [0.2, 0.25) is 11.0 Å². The second-order valence-electron chi connectivity index (χ2n) is 4.79. The van der Waals surface area contributed by atoms with E-state index in [4.69, 9.17) is 0 Å². The van der Waals surface area contributed by atoms with Crippen molar-refractivity contribution in [1.82, 2.24) is 15.5 Å². The number of carbonyl (C=O) groups excluding carboxylic acids is 1. The first-order chi connectivity index (χ1) is 8.33. The first-order valence-electron chi connectivity index (χ1n) is 6.14. The average Bonchev–Trinajstić information content (AvgIpc) is 3.05. The van der Waals surface area contributed by atoms with E-state index in [1.54, 1.807) is 16.8 Å². The van der Waals surface area contributed by atoms with Crippen molar-refractivity contribution >= 4 is 22.4 Å². The Morgan fingerprint density at radius 2 is 2.35 bits per heavy atom. The molecule has 1 aromatic heterocycles. The lowest BCUT2D eigenvalue weighted by Gasteiger charge is -2.32. The highest BCUT2D eigenvalue weighted by atomic mass is 32.1. The van der Waals surface area contributed by atoms with Gasteiger partial charge in [-0.2, -0.15) is 0 Å². The van der Waals surface area contributed by atoms with Crippen LogP contribution in [0.3, 0.4) is 0 Å². The van der Waals surface area contributed by atoms with Crippen LogP contribution in [0.1, 0.15) is 25.7 Å². The van der Waals surface area contributed by atoms with E-state index in [0.29, 0.717) is 5.92 Å². The molecular formula is C11H16N4OS. The second kappa shape index (κ2) is 4.60. The highest BCUT2D eigenvalue weighted by Crippen LogP contribution is 2.29. The SMILES string of the molecule is O=C(NC1CCCN(c2nncs2)C1)C1CC1. The average molecular weight is 252 g/mol. The van der Waals surface area contributed by atoms with Crippen LogP contribution >= 0.6 is 11.3 Å². The number of hydrogen-bond donors (Lipinski definition) is 1. The van der Waals surface area contributed by atoms with Crippen molar-refractivity contribution in [2.75, 3.05) is 18.0 Å². The van der Waals surface area contributed by atoms with E-state index >= 15 is 0 Å². The Bertz CT molecular complexity index is 390. The summed E-state index contributed by atoms with van der Waals surface area (Å²) in [7, 11) is 0. The molecule has 0 radical (unpaired) electrons. The minimum Gasteiger partial charge on any atom is -0.351 e. The van der Waals surface area contributed by atoms with Gasteiger partial charge in [0.15, 0.2) is 0 Å². The summed E-state index contributed by atoms with van der Waals surface area (Å²) in [5.41, 5.74) is 1.75. The zero-order valence-corrected chi connectivity index (χ0v) is 10.4. The van der Waals surface area contributed by atoms with E-state index in [9.17, 15) is 4.79 Å². The number of aromatic nitrogens is 2. The lowest BCUT2D eigenvalue weighted by atomic mass is 10.1. The molecule has 1 aliphatic carbocycles. The number of anilines is 1. The highest BCUT2D eigenvalue weighted by Gasteiger charge is 2.32. The van der Waals surface area contributed by atoms with Gasteiger partial charge in [0.25, 0.3) is 0 Å². The molecule has 2 aliphatic rings. The number of nitrogens with one attached hydrogen (secondary N) is 1. The summed E-state index contributed by atoms with van der Waals surface area (Å²) < 4.78 is 0. The Morgan fingerprint density at radius 1 is 1.47 bits per heavy atom. The molecule has 1 unspecified atom stereocenters. The summed E-state index contributed by atoms with van der Waals surface area (Å²) in [6.07, 6.45) is 4.32. The van der Waals surface area contributed by atoms with Crippen LogP contribution in [0.5, 0.6) is 0 Å². The third-order valence-corrected chi connectivity index (χ3v) is 4.09. The van der Waals surface area contributed by atoms with Crippen LogP contribution in [-0.4, -0.2) is 35.2 Å². The molecule has 2 heterocycles. The van der Waals surface area contributed by atoms with Gasteiger partial charge in [0.05, 0.1) is 0 Å². The Kier molecular flexibility index (Phi) is 2.96. The molecule has 0 spiro atoms. The van der Waals surface area contributed by atoms with Crippen molar-refractivity contribution in [3.8, 4) is 0 Å². The maximum Gasteiger partial charge on any atom is 0.223 e. The topological polar surface area (TPSA) is 58.1 Å². The number of hydrogen-bond acceptors (Lipinski definition) is 5. The Morgan fingerprint density at radius 3 is 3.06 bits per heavy atom. The van der Waals surface area contributed by atoms with E-state index in [2.05, 4.69) is 20.4 Å². The fourth-order valence-corrected chi connectivity index (χ4v) is 2.84. The number of carbonyl (C=O) groups is 1. The highest BCUT2D eigenvalue weighted by molar-refractivity contribution is 7.13. The summed E-state index contributed by atoms with van der Waals surface area (Å²) >= 11 is 1.56. The minimum atomic E-state index is 0.245. The van der Waals surface area contributed by atoms with Gasteiger partial charge in [-0.3, -0.25) is 4.79 Å². The van der Waals surface area contributed by atoms with Crippen LogP contribution in [-0.2, 0) is 4.79 Å². The zero-order chi connectivity index (χ0) is 11.7. The van der Waals surface area contributed by atoms with Crippen LogP contribution in [0.15, 0.2) is 5.51 Å². The lowest BCUT2D eigenvalue weighted by molar-refractivity contribution is -0.123. The molecule has 3 rings (SSSR count). The van der Waals surface area contributed by atoms with E-state index < -0.39 is 0 Å². The van der Waals surface area contributed by atoms with Gasteiger partial charge >= 0.3 is 0 Å². The van der Waals surface area contributed by atoms with Gasteiger partial charge in [0.1, 0.15) is 5.51 Å². The second-order valence-corrected chi connectivity index (χ2v) is 5.60. The summed E-state index contributed by atoms with van der Waals surface area (Å²) in [6.45, 7) is 1.89. The number of nitrogens with zero attached hydrogens (tertiary/aromatic N) is 3. The van der Waals surface area contributed by atoms with Gasteiger partial charge in [-0.15, -0.1) is 10.2 Å². The van der Waals surface area contributed by atoms with Gasteiger partial charge in [-0.25, -0.2) is 0 Å². The van der Waals surface area contributed by atoms with Crippen LogP contribution in [0, 0.1) is 5.92 Å². The molecule has 0 aromatic carbocycles. The van der Waals surface area contributed by atoms with Crippen molar-refractivity contribution in [3.63, 3.8) is 0 Å². The Labute approximate surface area is 104 Å². The largest absolute Gasteiger partial charge is 0.351 e. The third-order valence-electron chi connectivity index (χ3n) is 3.33. The molecule has 1 saturated heterocycles. The summed E-state index contributed by atoms with van der Waals surface area (Å²) in [6, 6.07) is 0.278. The molecule has 1 aliphatic heterocycles. The molecule has 0 bridgehead atoms. The predicted octanol–water partition coefficient (Wildman–Crippen LogP) is 1.03. The normalized spacial score (nSPS) is 24.7. The van der Waals surface area contributed by atoms with Crippen molar-refractivity contribution in [1.29, 1.82) is 0 Å². The molecule has 92 valence electrons. The molecular weight excluding hydrogens is 236 g/mol. The number of amides is 1. The van der Waals surface area contributed by atoms with Crippen molar-refractivity contribution in [2.24, 2.45) is 5.92 Å². The maximum atomic E-state index is 11.7. The lowest BCUT2D eigenvalue weighted by Crippen LogP contribution is -2.48. The Balaban J connectivity index is 1.57. The molecule has 1 saturated carbocycles. The van der Waals surface area contributed by atoms with Gasteiger partial charge in [-0.1, -0.05) is 11.3 Å². The van der Waals surface area contributed by atoms with Crippen molar-refractivity contribution < 1.29 is 4.79 Å². The summed E-state index contributed by atoms with van der Waals surface area (Å²) in [5.74, 6) is 0.543. The van der Waals surface area contributed by atoms with Crippen LogP contribution < -0.4 is 10.2 Å². The predicted molar refractivity (Wildman–Crippen MR) is 66.0 cm³/mol. The molecule has 5 nitrogen and oxygen atoms in total. The fraction of sp³-hybridized carbons (Fsp3) is 0.727. The van der Waals surface area contributed by atoms with E-state index in [0.717, 1.165) is 43.9 Å². The van der Waals surface area contributed by atoms with Crippen molar-refractivity contribution in [2.45, 2.75) is 31.7 Å². The molecule has 1 atom stereocenters. The zero-order valence-electron chi connectivity index (χ0n) is 9.63. The molecule has 2 fully saturated rings. The van der Waals surface area contributed by atoms with Crippen molar-refractivity contribution in [3.05, 3.63) is 5.51 Å². The van der Waals surface area contributed by atoms with E-state index in [-0.39, 0.29) is 11.9 Å². The quantitative estimate of drug-likeness (QED) is 0.873. The van der Waals surface area contributed by atoms with Crippen LogP contribution in [0.25, 0.3) is 0 Å². The van der Waals surface area contributed by atoms with E-state index in [1.165, 1.54) is 0 Å². The monoisotopic (exact) mass is 252 g/mol. The third kappa shape index (κ3) is 2.57. The molecule has 1 aromatic rings. The molecule has 17 heavy (non-hydrogen) atoms. The summed E-state index contributed by atoms with van der Waals surface area (Å²) in [5, 5.41) is 12.1. The standard InChI is InChI=1S/C11H16N4OS/c16-10(8-3-4-8)13-9-2-1-5-15(6-9)11-14-12-7-17-11/h7-9H,1-6H2,(H,13,16). The van der Waals surface area contributed by atoms with Gasteiger partial charge in [-0.05, 0) is 25.7 Å². The molecule has 1 amide bonds. The molecule has 1 N–H and O–H groups in total. The van der Waals surface area contributed by atoms with E-state index in [1.807, 2.05) is 0 Å².